The third-order valence-electron chi connectivity index (χ3n) is 4.98. The van der Waals surface area contributed by atoms with Crippen LogP contribution in [0.4, 0.5) is 32.0 Å². The number of aromatic nitrogens is 4. The Bertz CT molecular complexity index is 1530. The highest BCUT2D eigenvalue weighted by Gasteiger charge is 2.30. The second kappa shape index (κ2) is 10.1. The number of alkyl halides is 6. The van der Waals surface area contributed by atoms with Crippen LogP contribution in [-0.4, -0.2) is 50.6 Å². The number of rotatable bonds is 7. The van der Waals surface area contributed by atoms with Crippen LogP contribution in [0.1, 0.15) is 16.1 Å². The van der Waals surface area contributed by atoms with Crippen molar-refractivity contribution in [3.8, 4) is 17.3 Å². The van der Waals surface area contributed by atoms with Crippen LogP contribution in [0.5, 0.6) is 11.6 Å². The number of aryl methyl sites for hydroxylation is 1. The van der Waals surface area contributed by atoms with E-state index < -0.39 is 37.0 Å². The molecule has 38 heavy (non-hydrogen) atoms. The van der Waals surface area contributed by atoms with Crippen molar-refractivity contribution in [1.82, 2.24) is 19.2 Å². The van der Waals surface area contributed by atoms with E-state index in [1.165, 1.54) is 41.0 Å². The number of amides is 1. The number of fused-ring (bicyclic) bond motifs is 1. The quantitative estimate of drug-likeness (QED) is 0.350. The maximum Gasteiger partial charge on any atom is 0.422 e. The summed E-state index contributed by atoms with van der Waals surface area (Å²) in [7, 11) is 0. The molecule has 4 aromatic rings. The average Bonchev–Trinajstić information content (AvgIpc) is 3.30. The van der Waals surface area contributed by atoms with E-state index in [9.17, 15) is 35.9 Å². The summed E-state index contributed by atoms with van der Waals surface area (Å²) in [5.41, 5.74) is -0.636. The number of nitrogens with one attached hydrogen (secondary N) is 1. The second-order valence-corrected chi connectivity index (χ2v) is 7.88. The number of nitrogens with zero attached hydrogens (tertiary/aromatic N) is 4. The molecule has 0 aliphatic rings. The zero-order chi connectivity index (χ0) is 27.7. The maximum absolute atomic E-state index is 13.4. The fourth-order valence-corrected chi connectivity index (χ4v) is 3.41. The predicted octanol–water partition coefficient (Wildman–Crippen LogP) is 4.32. The molecule has 3 aromatic heterocycles. The van der Waals surface area contributed by atoms with Gasteiger partial charge >= 0.3 is 12.4 Å². The number of pyridine rings is 1. The van der Waals surface area contributed by atoms with Crippen LogP contribution < -0.4 is 20.3 Å². The van der Waals surface area contributed by atoms with E-state index in [1.807, 2.05) is 0 Å². The van der Waals surface area contributed by atoms with Gasteiger partial charge in [-0.1, -0.05) is 12.1 Å². The van der Waals surface area contributed by atoms with Gasteiger partial charge < -0.3 is 14.8 Å². The summed E-state index contributed by atoms with van der Waals surface area (Å²) in [6.07, 6.45) is -5.62. The number of halogens is 6. The molecule has 200 valence electrons. The van der Waals surface area contributed by atoms with Crippen molar-refractivity contribution in [3.63, 3.8) is 0 Å². The lowest BCUT2D eigenvalue weighted by atomic mass is 10.2. The van der Waals surface area contributed by atoms with Crippen LogP contribution in [0.25, 0.3) is 11.2 Å². The standard InChI is InChI=1S/C23H17F6N5O4/c1-13-10-33(16-4-2-3-5-17(16)37-11-22(24,25)26)21(36)19-15(9-31-34(13)19)20(35)32-14-6-7-18(30-8-14)38-12-23(27,28)29/h2-10H,11-12H2,1H3,(H,32,35). The lowest BCUT2D eigenvalue weighted by Gasteiger charge is -2.15. The van der Waals surface area contributed by atoms with Crippen molar-refractivity contribution in [2.24, 2.45) is 0 Å². The van der Waals surface area contributed by atoms with Gasteiger partial charge in [0.15, 0.2) is 13.2 Å². The first-order chi connectivity index (χ1) is 17.8. The first-order valence-electron chi connectivity index (χ1n) is 10.7. The van der Waals surface area contributed by atoms with Gasteiger partial charge in [-0.15, -0.1) is 0 Å². The molecule has 15 heteroatoms. The van der Waals surface area contributed by atoms with Crippen molar-refractivity contribution >= 4 is 17.1 Å². The maximum atomic E-state index is 13.4. The molecule has 0 aliphatic carbocycles. The van der Waals surface area contributed by atoms with E-state index in [-0.39, 0.29) is 34.1 Å². The highest BCUT2D eigenvalue weighted by atomic mass is 19.4. The summed E-state index contributed by atoms with van der Waals surface area (Å²) in [4.78, 5) is 30.0. The first kappa shape index (κ1) is 26.5. The number of ether oxygens (including phenoxy) is 2. The Hall–Kier alpha value is -4.56. The average molecular weight is 541 g/mol. The Morgan fingerprint density at radius 3 is 2.32 bits per heavy atom. The molecule has 1 aromatic carbocycles. The Labute approximate surface area is 209 Å². The van der Waals surface area contributed by atoms with Gasteiger partial charge in [0.2, 0.25) is 5.88 Å². The molecule has 0 unspecified atom stereocenters. The number of hydrogen-bond donors (Lipinski definition) is 1. The summed E-state index contributed by atoms with van der Waals surface area (Å²) in [5, 5.41) is 6.51. The van der Waals surface area contributed by atoms with Gasteiger partial charge in [0, 0.05) is 12.3 Å². The van der Waals surface area contributed by atoms with Crippen LogP contribution in [0.15, 0.2) is 59.8 Å². The van der Waals surface area contributed by atoms with Crippen LogP contribution in [0, 0.1) is 6.92 Å². The first-order valence-corrected chi connectivity index (χ1v) is 10.7. The third kappa shape index (κ3) is 6.04. The molecule has 0 spiro atoms. The van der Waals surface area contributed by atoms with Crippen LogP contribution in [0.3, 0.4) is 0 Å². The van der Waals surface area contributed by atoms with Gasteiger partial charge in [0.05, 0.1) is 35.0 Å². The molecular formula is C23H17F6N5O4. The molecule has 0 atom stereocenters. The van der Waals surface area contributed by atoms with Crippen molar-refractivity contribution < 1.29 is 40.6 Å². The topological polar surface area (TPSA) is 99.8 Å². The molecule has 0 saturated heterocycles. The Balaban J connectivity index is 1.65. The molecule has 0 radical (unpaired) electrons. The smallest absolute Gasteiger partial charge is 0.422 e. The van der Waals surface area contributed by atoms with E-state index in [0.29, 0.717) is 5.69 Å². The van der Waals surface area contributed by atoms with Gasteiger partial charge in [0.25, 0.3) is 11.5 Å². The van der Waals surface area contributed by atoms with E-state index in [1.54, 1.807) is 6.92 Å². The van der Waals surface area contributed by atoms with Crippen LogP contribution >= 0.6 is 0 Å². The lowest BCUT2D eigenvalue weighted by Crippen LogP contribution is -2.25. The fourth-order valence-electron chi connectivity index (χ4n) is 3.41. The molecule has 0 bridgehead atoms. The number of anilines is 1. The largest absolute Gasteiger partial charge is 0.482 e. The SMILES string of the molecule is Cc1cn(-c2ccccc2OCC(F)(F)F)c(=O)c2c(C(=O)Nc3ccc(OCC(F)(F)F)nc3)cnn12. The minimum atomic E-state index is -4.60. The molecule has 0 aliphatic heterocycles. The number of para-hydroxylation sites is 2. The molecule has 1 amide bonds. The van der Waals surface area contributed by atoms with Gasteiger partial charge in [-0.25, -0.2) is 9.50 Å². The summed E-state index contributed by atoms with van der Waals surface area (Å²) in [6.45, 7) is -1.54. The van der Waals surface area contributed by atoms with Gasteiger partial charge in [-0.2, -0.15) is 31.4 Å². The van der Waals surface area contributed by atoms with Crippen LogP contribution in [-0.2, 0) is 0 Å². The fraction of sp³-hybridized carbons (Fsp3) is 0.217. The monoisotopic (exact) mass is 541 g/mol. The molecule has 1 N–H and O–H groups in total. The second-order valence-electron chi connectivity index (χ2n) is 7.88. The predicted molar refractivity (Wildman–Crippen MR) is 121 cm³/mol. The summed E-state index contributed by atoms with van der Waals surface area (Å²) in [5.74, 6) is -1.32. The number of hydrogen-bond acceptors (Lipinski definition) is 6. The van der Waals surface area contributed by atoms with E-state index >= 15 is 0 Å². The zero-order valence-electron chi connectivity index (χ0n) is 19.3. The highest BCUT2D eigenvalue weighted by molar-refractivity contribution is 6.08. The van der Waals surface area contributed by atoms with Crippen molar-refractivity contribution in [3.05, 3.63) is 76.6 Å². The summed E-state index contributed by atoms with van der Waals surface area (Å²) < 4.78 is 86.6. The summed E-state index contributed by atoms with van der Waals surface area (Å²) >= 11 is 0. The Kier molecular flexibility index (Phi) is 7.02. The molecule has 9 nitrogen and oxygen atoms in total. The van der Waals surface area contributed by atoms with E-state index in [4.69, 9.17) is 4.74 Å². The third-order valence-corrected chi connectivity index (χ3v) is 4.98. The Morgan fingerprint density at radius 1 is 0.974 bits per heavy atom. The minimum absolute atomic E-state index is 0.0125. The van der Waals surface area contributed by atoms with Crippen molar-refractivity contribution in [2.45, 2.75) is 19.3 Å². The molecule has 4 rings (SSSR count). The minimum Gasteiger partial charge on any atom is -0.482 e. The van der Waals surface area contributed by atoms with Crippen molar-refractivity contribution in [2.75, 3.05) is 18.5 Å². The van der Waals surface area contributed by atoms with Crippen molar-refractivity contribution in [1.29, 1.82) is 0 Å². The van der Waals surface area contributed by atoms with Gasteiger partial charge in [0.1, 0.15) is 11.3 Å². The van der Waals surface area contributed by atoms with E-state index in [2.05, 4.69) is 20.1 Å². The zero-order valence-corrected chi connectivity index (χ0v) is 19.3. The highest BCUT2D eigenvalue weighted by Crippen LogP contribution is 2.25. The Morgan fingerprint density at radius 2 is 1.66 bits per heavy atom. The number of benzene rings is 1. The molecule has 0 fully saturated rings. The van der Waals surface area contributed by atoms with Gasteiger partial charge in [-0.3, -0.25) is 14.2 Å². The molecule has 3 heterocycles. The molecule has 0 saturated carbocycles. The number of carbonyl (C=O) groups excluding carboxylic acids is 1. The van der Waals surface area contributed by atoms with E-state index in [0.717, 1.165) is 23.0 Å². The molecular weight excluding hydrogens is 524 g/mol. The van der Waals surface area contributed by atoms with Gasteiger partial charge in [-0.05, 0) is 25.1 Å². The summed E-state index contributed by atoms with van der Waals surface area (Å²) in [6, 6.07) is 7.96. The lowest BCUT2D eigenvalue weighted by molar-refractivity contribution is -0.154. The normalized spacial score (nSPS) is 12.0. The van der Waals surface area contributed by atoms with Crippen LogP contribution in [0.2, 0.25) is 0 Å². The number of carbonyl (C=O) groups is 1.